The largest absolute Gasteiger partial charge is 0.478 e. The third-order valence-corrected chi connectivity index (χ3v) is 6.70. The number of benzene rings is 1. The van der Waals surface area contributed by atoms with Gasteiger partial charge in [-0.1, -0.05) is 12.1 Å². The van der Waals surface area contributed by atoms with Crippen LogP contribution >= 0.6 is 12.2 Å². The maximum Gasteiger partial charge on any atom is 0.335 e. The van der Waals surface area contributed by atoms with Crippen LogP contribution in [0.4, 0.5) is 0 Å². The zero-order chi connectivity index (χ0) is 25.1. The summed E-state index contributed by atoms with van der Waals surface area (Å²) in [6, 6.07) is 14.5. The Morgan fingerprint density at radius 1 is 1.17 bits per heavy atom. The summed E-state index contributed by atoms with van der Waals surface area (Å²) in [4.78, 5) is 29.9. The monoisotopic (exact) mass is 492 g/mol. The molecule has 8 nitrogen and oxygen atoms in total. The number of aromatic nitrogens is 2. The van der Waals surface area contributed by atoms with Crippen LogP contribution in [0.25, 0.3) is 5.69 Å². The molecule has 0 unspecified atom stereocenters. The van der Waals surface area contributed by atoms with Gasteiger partial charge in [-0.15, -0.1) is 0 Å². The number of hydrogen-bond acceptors (Lipinski definition) is 5. The average molecular weight is 493 g/mol. The van der Waals surface area contributed by atoms with Crippen LogP contribution < -0.4 is 5.32 Å². The van der Waals surface area contributed by atoms with Gasteiger partial charge in [-0.2, -0.15) is 0 Å². The Balaban J connectivity index is 1.76. The summed E-state index contributed by atoms with van der Waals surface area (Å²) >= 11 is 5.72. The molecule has 35 heavy (non-hydrogen) atoms. The number of hydrogen-bond donors (Lipinski definition) is 2. The van der Waals surface area contributed by atoms with Crippen molar-refractivity contribution in [3.05, 3.63) is 82.9 Å². The van der Waals surface area contributed by atoms with Crippen molar-refractivity contribution in [2.45, 2.75) is 38.8 Å². The molecule has 4 rings (SSSR count). The number of carboxylic acids is 1. The number of aryl methyl sites for hydroxylation is 1. The number of carbonyl (C=O) groups is 2. The molecule has 0 aliphatic carbocycles. The van der Waals surface area contributed by atoms with Crippen molar-refractivity contribution in [2.24, 2.45) is 0 Å². The SMILES string of the molecule is COC(=O)CCCN1C(=S)N[C@@H](c2ccccn2)[C@@H]1c1cc(C)n(-c2cccc(C(=O)O)c2)c1C. The Hall–Kier alpha value is -3.72. The molecule has 0 spiro atoms. The maximum atomic E-state index is 11.7. The van der Waals surface area contributed by atoms with Gasteiger partial charge >= 0.3 is 11.9 Å². The van der Waals surface area contributed by atoms with Crippen LogP contribution in [-0.2, 0) is 9.53 Å². The second kappa shape index (κ2) is 10.3. The minimum atomic E-state index is -0.966. The highest BCUT2D eigenvalue weighted by atomic mass is 32.1. The lowest BCUT2D eigenvalue weighted by molar-refractivity contribution is -0.140. The topological polar surface area (TPSA) is 96.7 Å². The Bertz CT molecular complexity index is 1260. The van der Waals surface area contributed by atoms with Gasteiger partial charge in [0.1, 0.15) is 0 Å². The van der Waals surface area contributed by atoms with Gasteiger partial charge in [0, 0.05) is 36.2 Å². The van der Waals surface area contributed by atoms with Gasteiger partial charge in [0.2, 0.25) is 0 Å². The van der Waals surface area contributed by atoms with Crippen molar-refractivity contribution in [3.8, 4) is 5.69 Å². The van der Waals surface area contributed by atoms with Gasteiger partial charge in [-0.25, -0.2) is 4.79 Å². The predicted octanol–water partition coefficient (Wildman–Crippen LogP) is 4.11. The smallest absolute Gasteiger partial charge is 0.335 e. The van der Waals surface area contributed by atoms with Crippen molar-refractivity contribution >= 4 is 29.3 Å². The first-order chi connectivity index (χ1) is 16.8. The first-order valence-corrected chi connectivity index (χ1v) is 11.8. The fourth-order valence-corrected chi connectivity index (χ4v) is 5.07. The van der Waals surface area contributed by atoms with Gasteiger partial charge in [0.05, 0.1) is 30.5 Å². The minimum Gasteiger partial charge on any atom is -0.478 e. The summed E-state index contributed by atoms with van der Waals surface area (Å²) in [7, 11) is 1.39. The predicted molar refractivity (Wildman–Crippen MR) is 136 cm³/mol. The summed E-state index contributed by atoms with van der Waals surface area (Å²) in [6.45, 7) is 4.61. The number of aromatic carboxylic acids is 1. The second-order valence-electron chi connectivity index (χ2n) is 8.52. The lowest BCUT2D eigenvalue weighted by atomic mass is 9.96. The molecule has 2 aromatic heterocycles. The van der Waals surface area contributed by atoms with Crippen LogP contribution in [0.2, 0.25) is 0 Å². The number of thiocarbonyl (C=S) groups is 1. The maximum absolute atomic E-state index is 11.7. The van der Waals surface area contributed by atoms with Crippen LogP contribution in [0, 0.1) is 13.8 Å². The van der Waals surface area contributed by atoms with E-state index in [-0.39, 0.29) is 23.6 Å². The van der Waals surface area contributed by atoms with Gasteiger partial charge < -0.3 is 24.6 Å². The molecule has 182 valence electrons. The second-order valence-corrected chi connectivity index (χ2v) is 8.90. The molecule has 1 aromatic carbocycles. The zero-order valence-electron chi connectivity index (χ0n) is 19.9. The van der Waals surface area contributed by atoms with Crippen LogP contribution in [0.3, 0.4) is 0 Å². The molecule has 1 aliphatic rings. The quantitative estimate of drug-likeness (QED) is 0.358. The Morgan fingerprint density at radius 3 is 2.66 bits per heavy atom. The van der Waals surface area contributed by atoms with Gasteiger partial charge in [-0.05, 0) is 74.4 Å². The van der Waals surface area contributed by atoms with E-state index in [0.717, 1.165) is 28.3 Å². The highest BCUT2D eigenvalue weighted by Crippen LogP contribution is 2.41. The summed E-state index contributed by atoms with van der Waals surface area (Å²) in [5.74, 6) is -1.22. The third-order valence-electron chi connectivity index (χ3n) is 6.35. The molecule has 0 saturated carbocycles. The number of carboxylic acid groups (broad SMARTS) is 1. The van der Waals surface area contributed by atoms with Crippen molar-refractivity contribution in [1.82, 2.24) is 19.8 Å². The van der Waals surface area contributed by atoms with Crippen molar-refractivity contribution in [1.29, 1.82) is 0 Å². The highest BCUT2D eigenvalue weighted by Gasteiger charge is 2.41. The fourth-order valence-electron chi connectivity index (χ4n) is 4.74. The average Bonchev–Trinajstić information content (AvgIpc) is 3.34. The van der Waals surface area contributed by atoms with E-state index >= 15 is 0 Å². The third kappa shape index (κ3) is 4.90. The van der Waals surface area contributed by atoms with E-state index in [0.29, 0.717) is 24.5 Å². The van der Waals surface area contributed by atoms with Crippen LogP contribution in [0.15, 0.2) is 54.7 Å². The minimum absolute atomic E-state index is 0.155. The van der Waals surface area contributed by atoms with Crippen LogP contribution in [-0.4, -0.2) is 50.3 Å². The summed E-state index contributed by atoms with van der Waals surface area (Å²) in [6.07, 6.45) is 2.66. The number of methoxy groups -OCH3 is 1. The normalized spacial score (nSPS) is 17.3. The molecule has 9 heteroatoms. The van der Waals surface area contributed by atoms with Crippen molar-refractivity contribution in [2.75, 3.05) is 13.7 Å². The summed E-state index contributed by atoms with van der Waals surface area (Å²) in [5, 5.41) is 13.5. The molecule has 0 radical (unpaired) electrons. The number of pyridine rings is 1. The van der Waals surface area contributed by atoms with Crippen LogP contribution in [0.1, 0.15) is 57.9 Å². The number of esters is 1. The molecule has 2 N–H and O–H groups in total. The van der Waals surface area contributed by atoms with E-state index in [1.165, 1.54) is 7.11 Å². The van der Waals surface area contributed by atoms with E-state index in [1.807, 2.05) is 38.1 Å². The fraction of sp³-hybridized carbons (Fsp3) is 0.308. The molecule has 2 atom stereocenters. The Labute approximate surface area is 209 Å². The molecule has 1 fully saturated rings. The Morgan fingerprint density at radius 2 is 1.97 bits per heavy atom. The van der Waals surface area contributed by atoms with E-state index in [1.54, 1.807) is 24.4 Å². The molecule has 1 saturated heterocycles. The lowest BCUT2D eigenvalue weighted by Crippen LogP contribution is -2.31. The lowest BCUT2D eigenvalue weighted by Gasteiger charge is -2.28. The molecule has 0 amide bonds. The molecular weight excluding hydrogens is 464 g/mol. The van der Waals surface area contributed by atoms with E-state index in [9.17, 15) is 14.7 Å². The number of rotatable bonds is 8. The molecule has 1 aliphatic heterocycles. The standard InChI is InChI=1S/C26H28N4O4S/c1-16-14-20(17(2)30(16)19-9-6-8-18(15-19)25(32)33)24-23(21-10-4-5-12-27-21)28-26(35)29(24)13-7-11-22(31)34-3/h4-6,8-10,12,14-15,23-24H,7,11,13H2,1-3H3,(H,28,35)(H,32,33)/t23-,24-/m0/s1. The highest BCUT2D eigenvalue weighted by molar-refractivity contribution is 7.80. The van der Waals surface area contributed by atoms with Gasteiger partial charge in [0.15, 0.2) is 5.11 Å². The molecular formula is C26H28N4O4S. The van der Waals surface area contributed by atoms with E-state index < -0.39 is 5.97 Å². The number of nitrogens with one attached hydrogen (secondary N) is 1. The number of carbonyl (C=O) groups excluding carboxylic acids is 1. The summed E-state index contributed by atoms with van der Waals surface area (Å²) in [5.41, 5.74) is 4.91. The van der Waals surface area contributed by atoms with E-state index in [2.05, 4.69) is 25.8 Å². The Kier molecular flexibility index (Phi) is 7.16. The molecule has 0 bridgehead atoms. The summed E-state index contributed by atoms with van der Waals surface area (Å²) < 4.78 is 6.86. The molecule has 3 heterocycles. The van der Waals surface area contributed by atoms with Crippen molar-refractivity contribution in [3.63, 3.8) is 0 Å². The van der Waals surface area contributed by atoms with E-state index in [4.69, 9.17) is 17.0 Å². The van der Waals surface area contributed by atoms with Gasteiger partial charge in [0.25, 0.3) is 0 Å². The van der Waals surface area contributed by atoms with Crippen LogP contribution in [0.5, 0.6) is 0 Å². The van der Waals surface area contributed by atoms with Crippen molar-refractivity contribution < 1.29 is 19.4 Å². The first-order valence-electron chi connectivity index (χ1n) is 11.4. The molecule has 3 aromatic rings. The number of nitrogens with zero attached hydrogens (tertiary/aromatic N) is 3. The number of ether oxygens (including phenoxy) is 1. The zero-order valence-corrected chi connectivity index (χ0v) is 20.7. The van der Waals surface area contributed by atoms with Gasteiger partial charge in [-0.3, -0.25) is 9.78 Å². The first kappa shape index (κ1) is 24.4.